The smallest absolute Gasteiger partial charge is 0.227 e. The lowest BCUT2D eigenvalue weighted by Crippen LogP contribution is -2.26. The van der Waals surface area contributed by atoms with Gasteiger partial charge in [0.25, 0.3) is 0 Å². The van der Waals surface area contributed by atoms with E-state index in [9.17, 15) is 9.59 Å². The number of carbonyl (C=O) groups excluding carboxylic acids is 2. The van der Waals surface area contributed by atoms with Crippen molar-refractivity contribution in [1.82, 2.24) is 4.98 Å². The van der Waals surface area contributed by atoms with Gasteiger partial charge in [0, 0.05) is 37.9 Å². The molecule has 0 radical (unpaired) electrons. The van der Waals surface area contributed by atoms with Crippen LogP contribution in [0.15, 0.2) is 18.5 Å². The lowest BCUT2D eigenvalue weighted by Gasteiger charge is -2.17. The number of rotatable bonds is 3. The Morgan fingerprint density at radius 2 is 2.44 bits per heavy atom. The molecule has 16 heavy (non-hydrogen) atoms. The fraction of sp³-hybridized carbons (Fsp3) is 0.364. The zero-order valence-electron chi connectivity index (χ0n) is 8.67. The van der Waals surface area contributed by atoms with Crippen LogP contribution in [0.2, 0.25) is 0 Å². The van der Waals surface area contributed by atoms with Crippen molar-refractivity contribution in [3.05, 3.63) is 24.0 Å². The third kappa shape index (κ3) is 1.81. The van der Waals surface area contributed by atoms with Crippen LogP contribution in [-0.2, 0) is 4.79 Å². The summed E-state index contributed by atoms with van der Waals surface area (Å²) in [7, 11) is 0. The molecule has 1 aliphatic rings. The fourth-order valence-corrected chi connectivity index (χ4v) is 1.87. The maximum Gasteiger partial charge on any atom is 0.227 e. The molecule has 1 unspecified atom stereocenters. The number of nitrogens with zero attached hydrogens (tertiary/aromatic N) is 2. The van der Waals surface area contributed by atoms with E-state index in [-0.39, 0.29) is 18.4 Å². The van der Waals surface area contributed by atoms with E-state index in [1.165, 1.54) is 11.1 Å². The number of aromatic nitrogens is 1. The Kier molecular flexibility index (Phi) is 2.96. The van der Waals surface area contributed by atoms with Gasteiger partial charge in [-0.2, -0.15) is 0 Å². The first kappa shape index (κ1) is 10.8. The molecule has 1 saturated heterocycles. The minimum Gasteiger partial charge on any atom is -0.396 e. The molecule has 0 spiro atoms. The summed E-state index contributed by atoms with van der Waals surface area (Å²) in [6, 6.07) is 1.64. The second-order valence-electron chi connectivity index (χ2n) is 3.81. The van der Waals surface area contributed by atoms with Crippen molar-refractivity contribution in [3.63, 3.8) is 0 Å². The Balaban J connectivity index is 2.31. The highest BCUT2D eigenvalue weighted by atomic mass is 16.3. The van der Waals surface area contributed by atoms with Gasteiger partial charge in [0.1, 0.15) is 0 Å². The van der Waals surface area contributed by atoms with Gasteiger partial charge in [-0.3, -0.25) is 14.6 Å². The average Bonchev–Trinajstić information content (AvgIpc) is 2.70. The third-order valence-electron chi connectivity index (χ3n) is 2.71. The zero-order chi connectivity index (χ0) is 11.5. The summed E-state index contributed by atoms with van der Waals surface area (Å²) in [4.78, 5) is 27.9. The number of carbonyl (C=O) groups is 2. The predicted octanol–water partition coefficient (Wildman–Crippen LogP) is 0.239. The SMILES string of the molecule is O=Cc1cnccc1N1CC(CO)CC1=O. The Hall–Kier alpha value is -1.75. The van der Waals surface area contributed by atoms with E-state index in [1.54, 1.807) is 12.3 Å². The first-order valence-electron chi connectivity index (χ1n) is 5.06. The predicted molar refractivity (Wildman–Crippen MR) is 57.2 cm³/mol. The Labute approximate surface area is 92.7 Å². The molecule has 84 valence electrons. The van der Waals surface area contributed by atoms with Gasteiger partial charge in [-0.1, -0.05) is 0 Å². The van der Waals surface area contributed by atoms with Crippen LogP contribution < -0.4 is 4.90 Å². The van der Waals surface area contributed by atoms with E-state index in [0.29, 0.717) is 30.5 Å². The average molecular weight is 220 g/mol. The number of anilines is 1. The Morgan fingerprint density at radius 1 is 1.62 bits per heavy atom. The number of aliphatic hydroxyl groups excluding tert-OH is 1. The molecule has 5 heteroatoms. The lowest BCUT2D eigenvalue weighted by molar-refractivity contribution is -0.117. The summed E-state index contributed by atoms with van der Waals surface area (Å²) in [5.74, 6) is -0.103. The van der Waals surface area contributed by atoms with Gasteiger partial charge in [0.15, 0.2) is 6.29 Å². The largest absolute Gasteiger partial charge is 0.396 e. The minimum absolute atomic E-state index is 0.0102. The lowest BCUT2D eigenvalue weighted by atomic mass is 10.1. The number of aldehydes is 1. The van der Waals surface area contributed by atoms with Gasteiger partial charge in [0.05, 0.1) is 11.3 Å². The Morgan fingerprint density at radius 3 is 3.06 bits per heavy atom. The quantitative estimate of drug-likeness (QED) is 0.741. The molecule has 1 aliphatic heterocycles. The van der Waals surface area contributed by atoms with E-state index in [1.807, 2.05) is 0 Å². The van der Waals surface area contributed by atoms with Gasteiger partial charge in [-0.25, -0.2) is 0 Å². The highest BCUT2D eigenvalue weighted by Crippen LogP contribution is 2.26. The van der Waals surface area contributed by atoms with Crippen molar-refractivity contribution >= 4 is 17.9 Å². The van der Waals surface area contributed by atoms with Crippen molar-refractivity contribution in [2.45, 2.75) is 6.42 Å². The highest BCUT2D eigenvalue weighted by Gasteiger charge is 2.31. The fourth-order valence-electron chi connectivity index (χ4n) is 1.87. The first-order chi connectivity index (χ1) is 7.76. The Bertz CT molecular complexity index is 419. The van der Waals surface area contributed by atoms with Crippen LogP contribution in [0, 0.1) is 5.92 Å². The molecule has 1 N–H and O–H groups in total. The molecular formula is C11H12N2O3. The highest BCUT2D eigenvalue weighted by molar-refractivity contribution is 5.99. The molecule has 2 rings (SSSR count). The molecule has 0 aromatic carbocycles. The van der Waals surface area contributed by atoms with Crippen LogP contribution >= 0.6 is 0 Å². The van der Waals surface area contributed by atoms with Crippen molar-refractivity contribution in [3.8, 4) is 0 Å². The molecule has 1 atom stereocenters. The summed E-state index contributed by atoms with van der Waals surface area (Å²) in [6.07, 6.45) is 3.99. The standard InChI is InChI=1S/C11H12N2O3/c14-6-8-3-11(16)13(5-8)10-1-2-12-4-9(10)7-15/h1-2,4,7-8,14H,3,5-6H2. The van der Waals surface area contributed by atoms with Crippen LogP contribution in [0.1, 0.15) is 16.8 Å². The topological polar surface area (TPSA) is 70.5 Å². The summed E-state index contributed by atoms with van der Waals surface area (Å²) in [5.41, 5.74) is 0.973. The summed E-state index contributed by atoms with van der Waals surface area (Å²) >= 11 is 0. The number of hydrogen-bond donors (Lipinski definition) is 1. The molecule has 1 aromatic heterocycles. The van der Waals surface area contributed by atoms with Gasteiger partial charge >= 0.3 is 0 Å². The zero-order valence-corrected chi connectivity index (χ0v) is 8.67. The molecule has 1 amide bonds. The summed E-state index contributed by atoms with van der Waals surface area (Å²) in [6.45, 7) is 0.448. The van der Waals surface area contributed by atoms with Crippen molar-refractivity contribution in [2.75, 3.05) is 18.1 Å². The summed E-state index contributed by atoms with van der Waals surface area (Å²) in [5, 5.41) is 9.01. The van der Waals surface area contributed by atoms with E-state index in [4.69, 9.17) is 5.11 Å². The molecule has 5 nitrogen and oxygen atoms in total. The van der Waals surface area contributed by atoms with Gasteiger partial charge in [-0.15, -0.1) is 0 Å². The number of amides is 1. The van der Waals surface area contributed by atoms with E-state index in [2.05, 4.69) is 4.98 Å². The van der Waals surface area contributed by atoms with Crippen LogP contribution in [0.5, 0.6) is 0 Å². The number of pyridine rings is 1. The molecule has 0 saturated carbocycles. The molecule has 0 bridgehead atoms. The van der Waals surface area contributed by atoms with Gasteiger partial charge in [0.2, 0.25) is 5.91 Å². The maximum atomic E-state index is 11.7. The molecule has 2 heterocycles. The molecule has 0 aliphatic carbocycles. The third-order valence-corrected chi connectivity index (χ3v) is 2.71. The van der Waals surface area contributed by atoms with Crippen LogP contribution in [0.4, 0.5) is 5.69 Å². The van der Waals surface area contributed by atoms with Crippen molar-refractivity contribution < 1.29 is 14.7 Å². The molecular weight excluding hydrogens is 208 g/mol. The number of aliphatic hydroxyl groups is 1. The summed E-state index contributed by atoms with van der Waals surface area (Å²) < 4.78 is 0. The van der Waals surface area contributed by atoms with Crippen molar-refractivity contribution in [1.29, 1.82) is 0 Å². The van der Waals surface area contributed by atoms with Crippen LogP contribution in [0.3, 0.4) is 0 Å². The monoisotopic (exact) mass is 220 g/mol. The van der Waals surface area contributed by atoms with E-state index >= 15 is 0 Å². The van der Waals surface area contributed by atoms with E-state index in [0.717, 1.165) is 0 Å². The maximum absolute atomic E-state index is 11.7. The second kappa shape index (κ2) is 4.40. The first-order valence-corrected chi connectivity index (χ1v) is 5.06. The van der Waals surface area contributed by atoms with Crippen LogP contribution in [0.25, 0.3) is 0 Å². The van der Waals surface area contributed by atoms with Gasteiger partial charge in [-0.05, 0) is 6.07 Å². The van der Waals surface area contributed by atoms with E-state index < -0.39 is 0 Å². The molecule has 1 aromatic rings. The molecule has 1 fully saturated rings. The number of hydrogen-bond acceptors (Lipinski definition) is 4. The minimum atomic E-state index is -0.0617. The normalized spacial score (nSPS) is 20.2. The van der Waals surface area contributed by atoms with Crippen LogP contribution in [-0.4, -0.2) is 35.4 Å². The van der Waals surface area contributed by atoms with Crippen molar-refractivity contribution in [2.24, 2.45) is 5.92 Å². The second-order valence-corrected chi connectivity index (χ2v) is 3.81. The van der Waals surface area contributed by atoms with Gasteiger partial charge < -0.3 is 10.0 Å².